The van der Waals surface area contributed by atoms with E-state index in [0.717, 1.165) is 10.0 Å². The van der Waals surface area contributed by atoms with E-state index >= 15 is 0 Å². The lowest BCUT2D eigenvalue weighted by molar-refractivity contribution is -0.115. The van der Waals surface area contributed by atoms with Gasteiger partial charge in [0, 0.05) is 36.0 Å². The first-order valence-electron chi connectivity index (χ1n) is 8.34. The molecule has 0 bridgehead atoms. The molecule has 25 heavy (non-hydrogen) atoms. The van der Waals surface area contributed by atoms with E-state index in [9.17, 15) is 9.59 Å². The highest BCUT2D eigenvalue weighted by Gasteiger charge is 2.43. The molecule has 0 radical (unpaired) electrons. The molecule has 1 aromatic carbocycles. The van der Waals surface area contributed by atoms with E-state index in [1.807, 2.05) is 45.0 Å². The molecular weight excluding hydrogens is 386 g/mol. The zero-order valence-corrected chi connectivity index (χ0v) is 16.2. The third-order valence-electron chi connectivity index (χ3n) is 4.26. The molecule has 0 saturated carbocycles. The number of amides is 2. The topological polar surface area (TPSA) is 71.0 Å². The van der Waals surface area contributed by atoms with E-state index in [0.29, 0.717) is 31.6 Å². The van der Waals surface area contributed by atoms with E-state index in [-0.39, 0.29) is 12.0 Å². The molecule has 0 aromatic heterocycles. The number of likely N-dealkylation sites (tertiary alicyclic amines) is 1. The fraction of sp³-hybridized carbons (Fsp3) is 0.500. The van der Waals surface area contributed by atoms with Gasteiger partial charge in [0.15, 0.2) is 0 Å². The second-order valence-electron chi connectivity index (χ2n) is 7.39. The van der Waals surface area contributed by atoms with Crippen molar-refractivity contribution in [3.05, 3.63) is 34.3 Å². The second kappa shape index (κ2) is 6.44. The summed E-state index contributed by atoms with van der Waals surface area (Å²) in [5, 5.41) is 3.01. The van der Waals surface area contributed by atoms with E-state index in [1.54, 1.807) is 4.90 Å². The predicted molar refractivity (Wildman–Crippen MR) is 98.6 cm³/mol. The lowest BCUT2D eigenvalue weighted by atomic mass is 9.98. The van der Waals surface area contributed by atoms with Crippen LogP contribution in [0.25, 0.3) is 0 Å². The van der Waals surface area contributed by atoms with Crippen LogP contribution < -0.4 is 5.32 Å². The van der Waals surface area contributed by atoms with Crippen LogP contribution in [0.4, 0.5) is 4.79 Å². The average molecular weight is 408 g/mol. The first-order valence-corrected chi connectivity index (χ1v) is 9.14. The predicted octanol–water partition coefficient (Wildman–Crippen LogP) is 3.10. The van der Waals surface area contributed by atoms with Crippen molar-refractivity contribution in [3.63, 3.8) is 0 Å². The monoisotopic (exact) mass is 407 g/mol. The lowest BCUT2D eigenvalue weighted by Gasteiger charge is -2.37. The number of nitrogens with one attached hydrogen (secondary N) is 1. The van der Waals surface area contributed by atoms with Crippen LogP contribution in [0.3, 0.4) is 0 Å². The van der Waals surface area contributed by atoms with E-state index in [1.165, 1.54) is 0 Å². The van der Waals surface area contributed by atoms with Gasteiger partial charge in [0.2, 0.25) is 0 Å². The number of benzene rings is 1. The van der Waals surface area contributed by atoms with Gasteiger partial charge in [-0.3, -0.25) is 9.79 Å². The SMILES string of the molecule is CC(C)(C)OC(=O)N1CCC2(CC1)N=C(c1ccccc1Br)C(=O)N2. The molecule has 2 aliphatic rings. The molecular formula is C18H22BrN3O3. The number of piperidine rings is 1. The summed E-state index contributed by atoms with van der Waals surface area (Å²) in [5.74, 6) is -0.169. The number of carbonyl (C=O) groups excluding carboxylic acids is 2. The quantitative estimate of drug-likeness (QED) is 0.777. The Morgan fingerprint density at radius 1 is 1.28 bits per heavy atom. The molecule has 2 heterocycles. The molecule has 0 atom stereocenters. The van der Waals surface area contributed by atoms with Gasteiger partial charge in [-0.1, -0.05) is 34.1 Å². The molecule has 0 unspecified atom stereocenters. The number of halogens is 1. The Labute approximate surface area is 155 Å². The summed E-state index contributed by atoms with van der Waals surface area (Å²) in [5.41, 5.74) is 0.0865. The number of hydrogen-bond acceptors (Lipinski definition) is 4. The highest BCUT2D eigenvalue weighted by atomic mass is 79.9. The Bertz CT molecular complexity index is 731. The van der Waals surface area contributed by atoms with Crippen LogP contribution >= 0.6 is 15.9 Å². The van der Waals surface area contributed by atoms with Crippen LogP contribution in [-0.2, 0) is 9.53 Å². The van der Waals surface area contributed by atoms with Crippen molar-refractivity contribution in [2.24, 2.45) is 4.99 Å². The van der Waals surface area contributed by atoms with Gasteiger partial charge < -0.3 is 15.0 Å². The van der Waals surface area contributed by atoms with Crippen LogP contribution in [0.5, 0.6) is 0 Å². The van der Waals surface area contributed by atoms with Crippen molar-refractivity contribution in [1.82, 2.24) is 10.2 Å². The maximum absolute atomic E-state index is 12.4. The minimum Gasteiger partial charge on any atom is -0.444 e. The van der Waals surface area contributed by atoms with Gasteiger partial charge in [-0.25, -0.2) is 4.79 Å². The van der Waals surface area contributed by atoms with Gasteiger partial charge in [0.1, 0.15) is 17.0 Å². The molecule has 6 nitrogen and oxygen atoms in total. The number of rotatable bonds is 1. The Morgan fingerprint density at radius 3 is 2.52 bits per heavy atom. The zero-order valence-electron chi connectivity index (χ0n) is 14.6. The molecule has 2 amide bonds. The van der Waals surface area contributed by atoms with Gasteiger partial charge in [-0.05, 0) is 26.8 Å². The van der Waals surface area contributed by atoms with Gasteiger partial charge in [0.05, 0.1) is 0 Å². The van der Waals surface area contributed by atoms with Gasteiger partial charge >= 0.3 is 6.09 Å². The van der Waals surface area contributed by atoms with Gasteiger partial charge in [-0.2, -0.15) is 0 Å². The summed E-state index contributed by atoms with van der Waals surface area (Å²) >= 11 is 3.47. The Kier molecular flexibility index (Phi) is 4.62. The maximum atomic E-state index is 12.4. The molecule has 7 heteroatoms. The van der Waals surface area contributed by atoms with Crippen LogP contribution in [0.15, 0.2) is 33.7 Å². The van der Waals surface area contributed by atoms with Crippen LogP contribution in [0.2, 0.25) is 0 Å². The smallest absolute Gasteiger partial charge is 0.410 e. The fourth-order valence-electron chi connectivity index (χ4n) is 3.02. The minimum absolute atomic E-state index is 0.169. The lowest BCUT2D eigenvalue weighted by Crippen LogP contribution is -2.53. The van der Waals surface area contributed by atoms with Gasteiger partial charge in [0.25, 0.3) is 5.91 Å². The maximum Gasteiger partial charge on any atom is 0.410 e. The third kappa shape index (κ3) is 3.86. The second-order valence-corrected chi connectivity index (χ2v) is 8.25. The van der Waals surface area contributed by atoms with Crippen LogP contribution in [0, 0.1) is 0 Å². The first-order chi connectivity index (χ1) is 11.7. The van der Waals surface area contributed by atoms with Crippen molar-refractivity contribution >= 4 is 33.6 Å². The molecule has 1 spiro atoms. The molecule has 3 rings (SSSR count). The Morgan fingerprint density at radius 2 is 1.92 bits per heavy atom. The van der Waals surface area contributed by atoms with E-state index < -0.39 is 11.3 Å². The Balaban J connectivity index is 1.73. The summed E-state index contributed by atoms with van der Waals surface area (Å²) in [6, 6.07) is 7.54. The molecule has 1 aromatic rings. The largest absolute Gasteiger partial charge is 0.444 e. The molecule has 0 aliphatic carbocycles. The molecule has 1 fully saturated rings. The average Bonchev–Trinajstić information content (AvgIpc) is 2.83. The summed E-state index contributed by atoms with van der Waals surface area (Å²) in [6.45, 7) is 6.55. The van der Waals surface area contributed by atoms with Crippen LogP contribution in [-0.4, -0.2) is 47.0 Å². The Hall–Kier alpha value is -1.89. The first kappa shape index (κ1) is 17.9. The normalized spacial score (nSPS) is 19.6. The number of ether oxygens (including phenoxy) is 1. The number of aliphatic imine (C=N–C) groups is 1. The van der Waals surface area contributed by atoms with E-state index in [4.69, 9.17) is 9.73 Å². The number of nitrogens with zero attached hydrogens (tertiary/aromatic N) is 2. The van der Waals surface area contributed by atoms with Crippen LogP contribution in [0.1, 0.15) is 39.2 Å². The summed E-state index contributed by atoms with van der Waals surface area (Å²) in [6.07, 6.45) is 0.833. The van der Waals surface area contributed by atoms with Crippen molar-refractivity contribution in [3.8, 4) is 0 Å². The summed E-state index contributed by atoms with van der Waals surface area (Å²) in [4.78, 5) is 31.0. The highest BCUT2D eigenvalue weighted by Crippen LogP contribution is 2.31. The highest BCUT2D eigenvalue weighted by molar-refractivity contribution is 9.10. The molecule has 1 saturated heterocycles. The minimum atomic E-state index is -0.625. The van der Waals surface area contributed by atoms with Gasteiger partial charge in [-0.15, -0.1) is 0 Å². The summed E-state index contributed by atoms with van der Waals surface area (Å²) < 4.78 is 6.25. The fourth-order valence-corrected chi connectivity index (χ4v) is 3.49. The van der Waals surface area contributed by atoms with Crippen molar-refractivity contribution in [2.45, 2.75) is 44.9 Å². The zero-order chi connectivity index (χ0) is 18.2. The third-order valence-corrected chi connectivity index (χ3v) is 4.95. The molecule has 134 valence electrons. The molecule has 2 aliphatic heterocycles. The number of hydrogen-bond donors (Lipinski definition) is 1. The van der Waals surface area contributed by atoms with Crippen molar-refractivity contribution < 1.29 is 14.3 Å². The van der Waals surface area contributed by atoms with Crippen molar-refractivity contribution in [2.75, 3.05) is 13.1 Å². The summed E-state index contributed by atoms with van der Waals surface area (Å²) in [7, 11) is 0. The van der Waals surface area contributed by atoms with E-state index in [2.05, 4.69) is 21.2 Å². The standard InChI is InChI=1S/C18H22BrN3O3/c1-17(2,3)25-16(24)22-10-8-18(9-11-22)20-14(15(23)21-18)12-6-4-5-7-13(12)19/h4-7H,8-11H2,1-3H3,(H,21,23). The molecule has 1 N–H and O–H groups in total. The number of carbonyl (C=O) groups is 2. The van der Waals surface area contributed by atoms with Crippen molar-refractivity contribution in [1.29, 1.82) is 0 Å².